The highest BCUT2D eigenvalue weighted by Gasteiger charge is 2.20. The van der Waals surface area contributed by atoms with Gasteiger partial charge in [-0.15, -0.1) is 0 Å². The summed E-state index contributed by atoms with van der Waals surface area (Å²) in [6.45, 7) is 9.87. The third kappa shape index (κ3) is 14.7. The molecule has 0 radical (unpaired) electrons. The van der Waals surface area contributed by atoms with E-state index in [4.69, 9.17) is 42.0 Å². The number of rotatable bonds is 26. The topological polar surface area (TPSA) is 211 Å². The molecule has 6 aromatic carbocycles. The lowest BCUT2D eigenvalue weighted by Crippen LogP contribution is -2.08. The van der Waals surface area contributed by atoms with Crippen LogP contribution in [0.2, 0.25) is 0 Å². The summed E-state index contributed by atoms with van der Waals surface area (Å²) in [6.07, 6.45) is 11.6. The second-order valence-corrected chi connectivity index (χ2v) is 17.5. The Balaban J connectivity index is 0.000000224. The second kappa shape index (κ2) is 28.1. The second-order valence-electron chi connectivity index (χ2n) is 17.5. The van der Waals surface area contributed by atoms with Gasteiger partial charge in [0.2, 0.25) is 0 Å². The van der Waals surface area contributed by atoms with E-state index in [0.717, 1.165) is 60.1 Å². The largest absolute Gasteiger partial charge is 0.507 e. The number of hydrogen-bond acceptors (Lipinski definition) is 15. The van der Waals surface area contributed by atoms with Crippen molar-refractivity contribution in [2.45, 2.75) is 79.1 Å². The number of carbonyl (C=O) groups is 2. The number of nitrogens with zero attached hydrogens (tertiary/aromatic N) is 2. The molecule has 0 unspecified atom stereocenters. The standard InChI is InChI=1S/C31H33NO7.C30H31NO7/c1-4-10-22-27(13-8-14-28(22)39-29-12-7-6-11-23(29)31(34)35-3)37-15-9-16-38-30-18-26(33)24(17-21(30)5-2)25-19-36-20-32-25;1-3-9-21-26(12-7-13-27(21)38-28-11-6-5-10-22(28)30(33)34)36-14-8-15-37-29-17-25(32)23(16-20(29)4-2)24-18-35-19-31-24/h6-8,11-14,17-20,33H,4-5,9-10,15-16H2,1-3H3;5-7,10-13,16-19,32H,3-4,8-9,14-15H2,1-2H3,(H,33,34). The van der Waals surface area contributed by atoms with E-state index in [0.29, 0.717) is 108 Å². The van der Waals surface area contributed by atoms with E-state index >= 15 is 0 Å². The van der Waals surface area contributed by atoms with E-state index in [9.17, 15) is 24.9 Å². The molecule has 0 saturated heterocycles. The van der Waals surface area contributed by atoms with Crippen LogP contribution in [0.4, 0.5) is 0 Å². The van der Waals surface area contributed by atoms with E-state index in [2.05, 4.69) is 23.8 Å². The van der Waals surface area contributed by atoms with Gasteiger partial charge in [-0.3, -0.25) is 0 Å². The van der Waals surface area contributed by atoms with Crippen molar-refractivity contribution < 1.29 is 66.9 Å². The number of aromatic carboxylic acids is 1. The molecule has 16 nitrogen and oxygen atoms in total. The Morgan fingerprint density at radius 3 is 1.31 bits per heavy atom. The average Bonchev–Trinajstić information content (AvgIpc) is 4.20. The van der Waals surface area contributed by atoms with E-state index in [1.165, 1.54) is 38.5 Å². The number of ether oxygens (including phenoxy) is 7. The van der Waals surface area contributed by atoms with E-state index in [1.54, 1.807) is 48.5 Å². The fraction of sp³-hybridized carbons (Fsp3) is 0.279. The zero-order chi connectivity index (χ0) is 54.5. The highest BCUT2D eigenvalue weighted by atomic mass is 16.5. The minimum Gasteiger partial charge on any atom is -0.507 e. The van der Waals surface area contributed by atoms with Crippen molar-refractivity contribution in [2.24, 2.45) is 0 Å². The van der Waals surface area contributed by atoms with Crippen LogP contribution >= 0.6 is 0 Å². The van der Waals surface area contributed by atoms with Gasteiger partial charge in [-0.05, 0) is 97.5 Å². The molecule has 402 valence electrons. The number of carbonyl (C=O) groups excluding carboxylic acids is 1. The first-order valence-electron chi connectivity index (χ1n) is 25.7. The molecule has 0 aliphatic rings. The number of esters is 1. The number of aryl methyl sites for hydroxylation is 2. The molecular weight excluding hydrogens is 985 g/mol. The summed E-state index contributed by atoms with van der Waals surface area (Å²) in [5.41, 5.74) is 6.55. The summed E-state index contributed by atoms with van der Waals surface area (Å²) < 4.78 is 51.4. The Kier molecular flexibility index (Phi) is 20.4. The molecule has 0 spiro atoms. The van der Waals surface area contributed by atoms with E-state index in [1.807, 2.05) is 68.4 Å². The van der Waals surface area contributed by atoms with Gasteiger partial charge in [-0.25, -0.2) is 19.6 Å². The minimum atomic E-state index is -1.04. The van der Waals surface area contributed by atoms with Gasteiger partial charge in [-0.1, -0.05) is 76.9 Å². The van der Waals surface area contributed by atoms with Crippen LogP contribution in [0.15, 0.2) is 143 Å². The molecule has 8 rings (SSSR count). The molecule has 2 aromatic heterocycles. The lowest BCUT2D eigenvalue weighted by Gasteiger charge is -2.17. The van der Waals surface area contributed by atoms with Crippen molar-refractivity contribution in [3.63, 3.8) is 0 Å². The van der Waals surface area contributed by atoms with Crippen molar-refractivity contribution in [1.82, 2.24) is 9.97 Å². The Hall–Kier alpha value is -8.92. The number of carboxylic acid groups (broad SMARTS) is 1. The lowest BCUT2D eigenvalue weighted by atomic mass is 10.0. The van der Waals surface area contributed by atoms with Crippen LogP contribution in [0.25, 0.3) is 22.5 Å². The normalized spacial score (nSPS) is 10.8. The summed E-state index contributed by atoms with van der Waals surface area (Å²) in [4.78, 5) is 32.0. The van der Waals surface area contributed by atoms with Crippen LogP contribution < -0.4 is 28.4 Å². The number of phenols is 2. The molecule has 0 amide bonds. The quantitative estimate of drug-likeness (QED) is 0.0340. The van der Waals surface area contributed by atoms with Crippen molar-refractivity contribution >= 4 is 11.9 Å². The van der Waals surface area contributed by atoms with Crippen molar-refractivity contribution in [3.05, 3.63) is 168 Å². The van der Waals surface area contributed by atoms with Crippen LogP contribution in [-0.2, 0) is 30.4 Å². The molecule has 0 atom stereocenters. The summed E-state index contributed by atoms with van der Waals surface area (Å²) in [7, 11) is 1.35. The van der Waals surface area contributed by atoms with Crippen LogP contribution in [0.1, 0.15) is 96.3 Å². The number of aromatic nitrogens is 2. The zero-order valence-corrected chi connectivity index (χ0v) is 43.9. The third-order valence-electron chi connectivity index (χ3n) is 12.2. The Labute approximate surface area is 447 Å². The average molecular weight is 1050 g/mol. The first kappa shape index (κ1) is 55.8. The Morgan fingerprint density at radius 1 is 0.506 bits per heavy atom. The number of methoxy groups -OCH3 is 1. The first-order valence-corrected chi connectivity index (χ1v) is 25.7. The number of aromatic hydroxyl groups is 2. The zero-order valence-electron chi connectivity index (χ0n) is 43.9. The molecule has 77 heavy (non-hydrogen) atoms. The Morgan fingerprint density at radius 2 is 0.909 bits per heavy atom. The van der Waals surface area contributed by atoms with Crippen LogP contribution in [0.3, 0.4) is 0 Å². The molecule has 0 fully saturated rings. The van der Waals surface area contributed by atoms with E-state index < -0.39 is 11.9 Å². The van der Waals surface area contributed by atoms with Crippen LogP contribution in [0.5, 0.6) is 57.5 Å². The van der Waals surface area contributed by atoms with Gasteiger partial charge in [-0.2, -0.15) is 0 Å². The predicted molar refractivity (Wildman–Crippen MR) is 289 cm³/mol. The van der Waals surface area contributed by atoms with Crippen molar-refractivity contribution in [1.29, 1.82) is 0 Å². The third-order valence-corrected chi connectivity index (χ3v) is 12.2. The molecular formula is C61H64N2O14. The van der Waals surface area contributed by atoms with Crippen LogP contribution in [0, 0.1) is 0 Å². The van der Waals surface area contributed by atoms with Crippen molar-refractivity contribution in [3.8, 4) is 80.0 Å². The number of phenolic OH excluding ortho intramolecular Hbond substituents is 2. The first-order chi connectivity index (χ1) is 37.6. The van der Waals surface area contributed by atoms with Crippen molar-refractivity contribution in [2.75, 3.05) is 33.5 Å². The molecule has 3 N–H and O–H groups in total. The molecule has 0 aliphatic carbocycles. The lowest BCUT2D eigenvalue weighted by molar-refractivity contribution is 0.0596. The maximum atomic E-state index is 12.2. The maximum Gasteiger partial charge on any atom is 0.341 e. The molecule has 0 saturated carbocycles. The highest BCUT2D eigenvalue weighted by Crippen LogP contribution is 2.39. The summed E-state index contributed by atoms with van der Waals surface area (Å²) in [6, 6.07) is 31.7. The fourth-order valence-corrected chi connectivity index (χ4v) is 8.35. The highest BCUT2D eigenvalue weighted by molar-refractivity contribution is 5.92. The molecule has 0 aliphatic heterocycles. The van der Waals surface area contributed by atoms with E-state index in [-0.39, 0.29) is 22.8 Å². The predicted octanol–water partition coefficient (Wildman–Crippen LogP) is 13.9. The molecule has 0 bridgehead atoms. The van der Waals surface area contributed by atoms with Gasteiger partial charge in [0.25, 0.3) is 0 Å². The Bertz CT molecular complexity index is 3170. The van der Waals surface area contributed by atoms with Gasteiger partial charge in [0.1, 0.15) is 92.5 Å². The molecule has 8 aromatic rings. The molecule has 16 heteroatoms. The van der Waals surface area contributed by atoms with Gasteiger partial charge < -0.3 is 57.3 Å². The minimum absolute atomic E-state index is 0.0767. The number of hydrogen-bond donors (Lipinski definition) is 3. The summed E-state index contributed by atoms with van der Waals surface area (Å²) >= 11 is 0. The number of carboxylic acids is 1. The summed E-state index contributed by atoms with van der Waals surface area (Å²) in [5, 5.41) is 30.4. The molecule has 2 heterocycles. The van der Waals surface area contributed by atoms with Gasteiger partial charge in [0, 0.05) is 47.2 Å². The van der Waals surface area contributed by atoms with Gasteiger partial charge in [0.05, 0.1) is 33.5 Å². The smallest absolute Gasteiger partial charge is 0.341 e. The fourth-order valence-electron chi connectivity index (χ4n) is 8.35. The number of benzene rings is 6. The maximum absolute atomic E-state index is 12.2. The summed E-state index contributed by atoms with van der Waals surface area (Å²) in [5.74, 6) is 3.26. The van der Waals surface area contributed by atoms with Gasteiger partial charge >= 0.3 is 11.9 Å². The van der Waals surface area contributed by atoms with Crippen LogP contribution in [-0.4, -0.2) is 70.8 Å². The number of oxazole rings is 2. The SMILES string of the molecule is CCCc1c(OCCCOc2cc(O)c(-c3cocn3)cc2CC)cccc1Oc1ccccc1C(=O)O.CCCc1c(OCCCOc2cc(O)c(-c3cocn3)cc2CC)cccc1Oc1ccccc1C(=O)OC. The monoisotopic (exact) mass is 1050 g/mol. The van der Waals surface area contributed by atoms with Gasteiger partial charge in [0.15, 0.2) is 12.8 Å². The number of para-hydroxylation sites is 2.